The topological polar surface area (TPSA) is 124 Å². The molecule has 0 saturated heterocycles. The fraction of sp³-hybridized carbons (Fsp3) is 0.276. The summed E-state index contributed by atoms with van der Waals surface area (Å²) >= 11 is 0. The summed E-state index contributed by atoms with van der Waals surface area (Å²) in [7, 11) is -4.40. The Morgan fingerprint density at radius 3 is 1.77 bits per heavy atom. The van der Waals surface area contributed by atoms with E-state index in [9.17, 15) is 18.9 Å². The fourth-order valence-electron chi connectivity index (χ4n) is 3.33. The highest BCUT2D eigenvalue weighted by Gasteiger charge is 2.46. The standard InChI is InChI=1S/C29H31O10P/c1-22(2)37-29(32)36-21-35-28(31)26(18-19-27(30)34-20-23-12-6-3-7-13-23)40(33,38-24-14-8-4-9-15-24)39-25-16-10-5-11-17-25/h3-17,22,26H,18-21H2,1-2H3. The minimum atomic E-state index is -4.40. The Morgan fingerprint density at radius 2 is 1.25 bits per heavy atom. The van der Waals surface area contributed by atoms with Crippen LogP contribution in [0, 0.1) is 0 Å². The number of benzene rings is 3. The van der Waals surface area contributed by atoms with E-state index >= 15 is 0 Å². The fourth-order valence-corrected chi connectivity index (χ4v) is 5.23. The molecule has 1 atom stereocenters. The van der Waals surface area contributed by atoms with Crippen molar-refractivity contribution >= 4 is 25.7 Å². The van der Waals surface area contributed by atoms with Crippen LogP contribution in [-0.2, 0) is 39.7 Å². The van der Waals surface area contributed by atoms with Crippen LogP contribution in [-0.4, -0.2) is 36.6 Å². The van der Waals surface area contributed by atoms with Gasteiger partial charge in [0.2, 0.25) is 6.79 Å². The normalized spacial score (nSPS) is 11.7. The van der Waals surface area contributed by atoms with Crippen LogP contribution in [0.1, 0.15) is 32.3 Å². The third-order valence-electron chi connectivity index (χ3n) is 5.18. The molecule has 0 aliphatic rings. The maximum absolute atomic E-state index is 14.3. The van der Waals surface area contributed by atoms with Crippen molar-refractivity contribution in [2.75, 3.05) is 6.79 Å². The number of rotatable bonds is 14. The molecule has 11 heteroatoms. The lowest BCUT2D eigenvalue weighted by molar-refractivity contribution is -0.153. The van der Waals surface area contributed by atoms with Crippen molar-refractivity contribution in [1.82, 2.24) is 0 Å². The number of esters is 2. The molecule has 40 heavy (non-hydrogen) atoms. The van der Waals surface area contributed by atoms with Crippen molar-refractivity contribution in [2.45, 2.75) is 45.1 Å². The van der Waals surface area contributed by atoms with Gasteiger partial charge in [-0.3, -0.25) is 9.59 Å². The van der Waals surface area contributed by atoms with Crippen LogP contribution < -0.4 is 9.05 Å². The molecule has 0 radical (unpaired) electrons. The first kappa shape index (κ1) is 30.2. The number of hydrogen-bond acceptors (Lipinski definition) is 10. The number of para-hydroxylation sites is 2. The Bertz CT molecular complexity index is 1220. The van der Waals surface area contributed by atoms with Gasteiger partial charge < -0.3 is 28.0 Å². The number of hydrogen-bond donors (Lipinski definition) is 0. The highest BCUT2D eigenvalue weighted by Crippen LogP contribution is 2.54. The molecule has 0 aliphatic heterocycles. The van der Waals surface area contributed by atoms with Crippen LogP contribution in [0.3, 0.4) is 0 Å². The van der Waals surface area contributed by atoms with Crippen LogP contribution in [0.2, 0.25) is 0 Å². The summed E-state index contributed by atoms with van der Waals surface area (Å²) in [4.78, 5) is 37.5. The monoisotopic (exact) mass is 570 g/mol. The summed E-state index contributed by atoms with van der Waals surface area (Å²) in [6.45, 7) is 2.46. The molecule has 3 rings (SSSR count). The first-order valence-corrected chi connectivity index (χ1v) is 14.1. The van der Waals surface area contributed by atoms with E-state index in [-0.39, 0.29) is 30.9 Å². The van der Waals surface area contributed by atoms with E-state index < -0.39 is 44.2 Å². The Hall–Kier alpha value is -4.30. The first-order chi connectivity index (χ1) is 19.2. The molecule has 3 aromatic rings. The summed E-state index contributed by atoms with van der Waals surface area (Å²) in [6.07, 6.45) is -2.10. The lowest BCUT2D eigenvalue weighted by atomic mass is 10.2. The minimum absolute atomic E-state index is 0.0271. The molecule has 0 amide bonds. The van der Waals surface area contributed by atoms with Gasteiger partial charge in [0.05, 0.1) is 6.10 Å². The number of ether oxygens (including phenoxy) is 4. The number of carbonyl (C=O) groups is 3. The maximum atomic E-state index is 14.3. The summed E-state index contributed by atoms with van der Waals surface area (Å²) in [5.41, 5.74) is -0.801. The van der Waals surface area contributed by atoms with Gasteiger partial charge in [-0.05, 0) is 50.1 Å². The third-order valence-corrected chi connectivity index (χ3v) is 7.34. The van der Waals surface area contributed by atoms with Crippen LogP contribution in [0.5, 0.6) is 11.5 Å². The molecule has 0 N–H and O–H groups in total. The van der Waals surface area contributed by atoms with Gasteiger partial charge in [0.25, 0.3) is 0 Å². The second-order valence-corrected chi connectivity index (χ2v) is 10.8. The maximum Gasteiger partial charge on any atom is 0.511 e. The molecule has 0 spiro atoms. The third kappa shape index (κ3) is 10.1. The average Bonchev–Trinajstić information content (AvgIpc) is 2.93. The van der Waals surface area contributed by atoms with E-state index in [1.807, 2.05) is 18.2 Å². The van der Waals surface area contributed by atoms with Crippen molar-refractivity contribution in [3.63, 3.8) is 0 Å². The largest absolute Gasteiger partial charge is 0.511 e. The Balaban J connectivity index is 1.80. The average molecular weight is 571 g/mol. The Labute approximate surface area is 232 Å². The summed E-state index contributed by atoms with van der Waals surface area (Å²) in [5.74, 6) is -1.36. The molecule has 0 aliphatic carbocycles. The summed E-state index contributed by atoms with van der Waals surface area (Å²) in [6, 6.07) is 25.3. The lowest BCUT2D eigenvalue weighted by Gasteiger charge is -2.26. The molecular formula is C29H31O10P. The van der Waals surface area contributed by atoms with Gasteiger partial charge >= 0.3 is 25.7 Å². The van der Waals surface area contributed by atoms with E-state index in [0.717, 1.165) is 5.56 Å². The predicted molar refractivity (Wildman–Crippen MR) is 145 cm³/mol. The van der Waals surface area contributed by atoms with E-state index in [2.05, 4.69) is 0 Å². The van der Waals surface area contributed by atoms with Crippen molar-refractivity contribution < 1.29 is 46.9 Å². The molecule has 0 fully saturated rings. The van der Waals surface area contributed by atoms with Gasteiger partial charge in [0, 0.05) is 6.42 Å². The molecule has 0 aromatic heterocycles. The van der Waals surface area contributed by atoms with Gasteiger partial charge in [-0.1, -0.05) is 66.7 Å². The molecule has 0 saturated carbocycles. The number of carbonyl (C=O) groups excluding carboxylic acids is 3. The zero-order chi connectivity index (χ0) is 28.8. The van der Waals surface area contributed by atoms with Gasteiger partial charge in [-0.25, -0.2) is 9.36 Å². The Kier molecular flexibility index (Phi) is 11.6. The van der Waals surface area contributed by atoms with Crippen LogP contribution in [0.4, 0.5) is 4.79 Å². The van der Waals surface area contributed by atoms with Crippen LogP contribution in [0.25, 0.3) is 0 Å². The van der Waals surface area contributed by atoms with Crippen molar-refractivity contribution in [1.29, 1.82) is 0 Å². The van der Waals surface area contributed by atoms with Gasteiger partial charge in [-0.2, -0.15) is 0 Å². The quantitative estimate of drug-likeness (QED) is 0.0945. The zero-order valence-electron chi connectivity index (χ0n) is 22.2. The second-order valence-electron chi connectivity index (χ2n) is 8.69. The van der Waals surface area contributed by atoms with E-state index in [4.69, 9.17) is 28.0 Å². The van der Waals surface area contributed by atoms with E-state index in [1.165, 1.54) is 0 Å². The molecule has 1 unspecified atom stereocenters. The van der Waals surface area contributed by atoms with E-state index in [0.29, 0.717) is 0 Å². The van der Waals surface area contributed by atoms with Gasteiger partial charge in [0.15, 0.2) is 5.66 Å². The van der Waals surface area contributed by atoms with E-state index in [1.54, 1.807) is 86.6 Å². The van der Waals surface area contributed by atoms with Crippen LogP contribution >= 0.6 is 7.60 Å². The highest BCUT2D eigenvalue weighted by atomic mass is 31.2. The van der Waals surface area contributed by atoms with Crippen molar-refractivity contribution in [3.8, 4) is 11.5 Å². The minimum Gasteiger partial charge on any atom is -0.461 e. The first-order valence-electron chi connectivity index (χ1n) is 12.5. The van der Waals surface area contributed by atoms with Crippen molar-refractivity contribution in [3.05, 3.63) is 96.6 Å². The molecule has 3 aromatic carbocycles. The zero-order valence-corrected chi connectivity index (χ0v) is 23.1. The SMILES string of the molecule is CC(C)OC(=O)OCOC(=O)C(CCC(=O)OCc1ccccc1)P(=O)(Oc1ccccc1)Oc1ccccc1. The lowest BCUT2D eigenvalue weighted by Crippen LogP contribution is -2.30. The smallest absolute Gasteiger partial charge is 0.461 e. The van der Waals surface area contributed by atoms with Crippen LogP contribution in [0.15, 0.2) is 91.0 Å². The molecular weight excluding hydrogens is 539 g/mol. The molecule has 212 valence electrons. The second kappa shape index (κ2) is 15.3. The van der Waals surface area contributed by atoms with Gasteiger partial charge in [-0.15, -0.1) is 0 Å². The summed E-state index contributed by atoms with van der Waals surface area (Å²) < 4.78 is 45.9. The molecule has 10 nitrogen and oxygen atoms in total. The summed E-state index contributed by atoms with van der Waals surface area (Å²) in [5, 5.41) is 0. The highest BCUT2D eigenvalue weighted by molar-refractivity contribution is 7.56. The Morgan fingerprint density at radius 1 is 0.725 bits per heavy atom. The van der Waals surface area contributed by atoms with Gasteiger partial charge in [0.1, 0.15) is 18.1 Å². The van der Waals surface area contributed by atoms with Crippen molar-refractivity contribution in [2.24, 2.45) is 0 Å². The predicted octanol–water partition coefficient (Wildman–Crippen LogP) is 6.29. The molecule has 0 bridgehead atoms. The molecule has 0 heterocycles.